The molecule has 21 heavy (non-hydrogen) atoms. The Morgan fingerprint density at radius 2 is 1.95 bits per heavy atom. The number of hydrogen-bond acceptors (Lipinski definition) is 3. The number of hydrogen-bond donors (Lipinski definition) is 1. The van der Waals surface area contributed by atoms with Crippen molar-refractivity contribution < 1.29 is 9.59 Å². The molecule has 5 nitrogen and oxygen atoms in total. The summed E-state index contributed by atoms with van der Waals surface area (Å²) >= 11 is 0. The molecule has 0 aromatic heterocycles. The Balaban J connectivity index is 1.97. The fraction of sp³-hybridized carbons (Fsp3) is 0.500. The van der Waals surface area contributed by atoms with Gasteiger partial charge in [-0.2, -0.15) is 0 Å². The summed E-state index contributed by atoms with van der Waals surface area (Å²) in [5.74, 6) is -0.00484. The van der Waals surface area contributed by atoms with Crippen molar-refractivity contribution in [3.8, 4) is 0 Å². The number of ketones is 1. The van der Waals surface area contributed by atoms with Crippen molar-refractivity contribution in [2.45, 2.75) is 25.8 Å². The van der Waals surface area contributed by atoms with Gasteiger partial charge in [0.25, 0.3) is 0 Å². The first-order chi connectivity index (χ1) is 9.97. The number of rotatable bonds is 3. The van der Waals surface area contributed by atoms with Crippen LogP contribution < -0.4 is 5.32 Å². The van der Waals surface area contributed by atoms with Gasteiger partial charge in [-0.3, -0.25) is 4.79 Å². The fourth-order valence-corrected chi connectivity index (χ4v) is 2.58. The van der Waals surface area contributed by atoms with Crippen LogP contribution in [0.3, 0.4) is 0 Å². The van der Waals surface area contributed by atoms with Gasteiger partial charge in [0.2, 0.25) is 0 Å². The van der Waals surface area contributed by atoms with Crippen LogP contribution in [0.15, 0.2) is 24.3 Å². The molecule has 1 aromatic rings. The molecule has 0 spiro atoms. The predicted octanol–water partition coefficient (Wildman–Crippen LogP) is 2.45. The third-order valence-electron chi connectivity index (χ3n) is 4.08. The number of nitrogens with zero attached hydrogens (tertiary/aromatic N) is 2. The molecule has 0 saturated carbocycles. The van der Waals surface area contributed by atoms with E-state index >= 15 is 0 Å². The Labute approximate surface area is 125 Å². The van der Waals surface area contributed by atoms with E-state index in [1.165, 1.54) is 6.92 Å². The van der Waals surface area contributed by atoms with Crippen LogP contribution in [0, 0.1) is 0 Å². The van der Waals surface area contributed by atoms with Crippen LogP contribution in [0.1, 0.15) is 30.1 Å². The number of carbonyl (C=O) groups is 2. The molecule has 1 heterocycles. The molecule has 0 unspecified atom stereocenters. The van der Waals surface area contributed by atoms with E-state index in [1.807, 2.05) is 7.05 Å². The van der Waals surface area contributed by atoms with Gasteiger partial charge >= 0.3 is 6.03 Å². The average molecular weight is 289 g/mol. The van der Waals surface area contributed by atoms with Crippen molar-refractivity contribution in [3.05, 3.63) is 29.8 Å². The van der Waals surface area contributed by atoms with Crippen LogP contribution >= 0.6 is 0 Å². The zero-order chi connectivity index (χ0) is 15.4. The van der Waals surface area contributed by atoms with Crippen LogP contribution in [0.5, 0.6) is 0 Å². The number of amides is 2. The molecule has 1 saturated heterocycles. The lowest BCUT2D eigenvalue weighted by Gasteiger charge is -2.35. The SMILES string of the molecule is CC(=O)c1cccc(NC(=O)N(C)C2CCN(C)CC2)c1. The molecule has 0 atom stereocenters. The molecule has 2 rings (SSSR count). The number of piperidine rings is 1. The van der Waals surface area contributed by atoms with E-state index in [-0.39, 0.29) is 17.9 Å². The van der Waals surface area contributed by atoms with Crippen LogP contribution in [0.25, 0.3) is 0 Å². The van der Waals surface area contributed by atoms with Crippen molar-refractivity contribution in [2.75, 3.05) is 32.5 Å². The van der Waals surface area contributed by atoms with E-state index in [4.69, 9.17) is 0 Å². The predicted molar refractivity (Wildman–Crippen MR) is 83.7 cm³/mol. The quantitative estimate of drug-likeness (QED) is 0.870. The van der Waals surface area contributed by atoms with Gasteiger partial charge in [0.05, 0.1) is 0 Å². The number of benzene rings is 1. The molecule has 5 heteroatoms. The number of urea groups is 1. The normalized spacial score (nSPS) is 16.5. The monoisotopic (exact) mass is 289 g/mol. The zero-order valence-electron chi connectivity index (χ0n) is 12.9. The maximum atomic E-state index is 12.3. The highest BCUT2D eigenvalue weighted by atomic mass is 16.2. The van der Waals surface area contributed by atoms with Crippen LogP contribution in [0.2, 0.25) is 0 Å². The maximum absolute atomic E-state index is 12.3. The van der Waals surface area contributed by atoms with Crippen molar-refractivity contribution in [1.29, 1.82) is 0 Å². The second kappa shape index (κ2) is 6.72. The van der Waals surface area contributed by atoms with E-state index in [0.717, 1.165) is 25.9 Å². The van der Waals surface area contributed by atoms with Crippen LogP contribution in [-0.2, 0) is 0 Å². The van der Waals surface area contributed by atoms with Crippen molar-refractivity contribution in [1.82, 2.24) is 9.80 Å². The smallest absolute Gasteiger partial charge is 0.321 e. The number of carbonyl (C=O) groups excluding carboxylic acids is 2. The van der Waals surface area contributed by atoms with Gasteiger partial charge in [-0.1, -0.05) is 12.1 Å². The Kier molecular flexibility index (Phi) is 4.96. The standard InChI is InChI=1S/C16H23N3O2/c1-12(20)13-5-4-6-14(11-13)17-16(21)19(3)15-7-9-18(2)10-8-15/h4-6,11,15H,7-10H2,1-3H3,(H,17,21). The molecule has 2 amide bonds. The van der Waals surface area contributed by atoms with Crippen LogP contribution in [-0.4, -0.2) is 54.8 Å². The lowest BCUT2D eigenvalue weighted by molar-refractivity contribution is 0.101. The summed E-state index contributed by atoms with van der Waals surface area (Å²) in [6, 6.07) is 7.19. The summed E-state index contributed by atoms with van der Waals surface area (Å²) < 4.78 is 0. The molecule has 0 aliphatic carbocycles. The Hall–Kier alpha value is -1.88. The summed E-state index contributed by atoms with van der Waals surface area (Å²) in [4.78, 5) is 27.7. The van der Waals surface area contributed by atoms with E-state index in [2.05, 4.69) is 17.3 Å². The van der Waals surface area contributed by atoms with E-state index in [1.54, 1.807) is 29.2 Å². The lowest BCUT2D eigenvalue weighted by atomic mass is 10.0. The molecule has 0 radical (unpaired) electrons. The number of nitrogens with one attached hydrogen (secondary N) is 1. The van der Waals surface area contributed by atoms with Gasteiger partial charge in [0.1, 0.15) is 0 Å². The molecule has 1 aliphatic rings. The molecular formula is C16H23N3O2. The first-order valence-electron chi connectivity index (χ1n) is 7.30. The lowest BCUT2D eigenvalue weighted by Crippen LogP contribution is -2.46. The summed E-state index contributed by atoms with van der Waals surface area (Å²) in [5.41, 5.74) is 1.27. The second-order valence-electron chi connectivity index (χ2n) is 5.71. The van der Waals surface area contributed by atoms with Crippen molar-refractivity contribution >= 4 is 17.5 Å². The third kappa shape index (κ3) is 4.04. The van der Waals surface area contributed by atoms with Gasteiger partial charge in [0.15, 0.2) is 5.78 Å². The van der Waals surface area contributed by atoms with Gasteiger partial charge in [-0.15, -0.1) is 0 Å². The highest BCUT2D eigenvalue weighted by Gasteiger charge is 2.23. The Morgan fingerprint density at radius 1 is 1.29 bits per heavy atom. The zero-order valence-corrected chi connectivity index (χ0v) is 12.9. The highest BCUT2D eigenvalue weighted by molar-refractivity contribution is 5.96. The summed E-state index contributed by atoms with van der Waals surface area (Å²) in [7, 11) is 3.93. The third-order valence-corrected chi connectivity index (χ3v) is 4.08. The molecule has 1 aromatic carbocycles. The topological polar surface area (TPSA) is 52.7 Å². The molecular weight excluding hydrogens is 266 g/mol. The Morgan fingerprint density at radius 3 is 2.57 bits per heavy atom. The first kappa shape index (κ1) is 15.5. The highest BCUT2D eigenvalue weighted by Crippen LogP contribution is 2.16. The number of anilines is 1. The van der Waals surface area contributed by atoms with E-state index in [9.17, 15) is 9.59 Å². The minimum atomic E-state index is -0.120. The summed E-state index contributed by atoms with van der Waals surface area (Å²) in [5, 5.41) is 2.87. The van der Waals surface area contributed by atoms with E-state index < -0.39 is 0 Å². The van der Waals surface area contributed by atoms with E-state index in [0.29, 0.717) is 11.3 Å². The van der Waals surface area contributed by atoms with Gasteiger partial charge in [-0.05, 0) is 52.0 Å². The largest absolute Gasteiger partial charge is 0.325 e. The van der Waals surface area contributed by atoms with Gasteiger partial charge in [0, 0.05) is 24.3 Å². The minimum Gasteiger partial charge on any atom is -0.325 e. The molecule has 1 aliphatic heterocycles. The maximum Gasteiger partial charge on any atom is 0.321 e. The summed E-state index contributed by atoms with van der Waals surface area (Å²) in [6.07, 6.45) is 1.99. The summed E-state index contributed by atoms with van der Waals surface area (Å²) in [6.45, 7) is 3.55. The van der Waals surface area contributed by atoms with Crippen molar-refractivity contribution in [2.24, 2.45) is 0 Å². The molecule has 0 bridgehead atoms. The van der Waals surface area contributed by atoms with Gasteiger partial charge < -0.3 is 15.1 Å². The molecule has 1 N–H and O–H groups in total. The second-order valence-corrected chi connectivity index (χ2v) is 5.71. The number of likely N-dealkylation sites (tertiary alicyclic amines) is 1. The first-order valence-corrected chi connectivity index (χ1v) is 7.30. The minimum absolute atomic E-state index is 0.00484. The van der Waals surface area contributed by atoms with Crippen LogP contribution in [0.4, 0.5) is 10.5 Å². The Bertz CT molecular complexity index is 522. The molecule has 1 fully saturated rings. The molecule has 114 valence electrons. The van der Waals surface area contributed by atoms with Crippen molar-refractivity contribution in [3.63, 3.8) is 0 Å². The number of Topliss-reactive ketones (excluding diaryl/α,β-unsaturated/α-hetero) is 1. The van der Waals surface area contributed by atoms with Gasteiger partial charge in [-0.25, -0.2) is 4.79 Å². The fourth-order valence-electron chi connectivity index (χ4n) is 2.58. The average Bonchev–Trinajstić information content (AvgIpc) is 2.47.